The molecule has 9 nitrogen and oxygen atoms in total. The second-order valence-electron chi connectivity index (χ2n) is 5.48. The van der Waals surface area contributed by atoms with Crippen LogP contribution in [0.3, 0.4) is 0 Å². The maximum Gasteiger partial charge on any atom is 0.345 e. The molecule has 0 atom stereocenters. The van der Waals surface area contributed by atoms with Gasteiger partial charge in [-0.2, -0.15) is 5.10 Å². The topological polar surface area (TPSA) is 117 Å². The molecule has 12 heteroatoms. The fourth-order valence-corrected chi connectivity index (χ4v) is 2.40. The Hall–Kier alpha value is -3.73. The third-order valence-corrected chi connectivity index (χ3v) is 3.88. The minimum atomic E-state index is -1.22. The highest BCUT2D eigenvalue weighted by molar-refractivity contribution is 6.33. The summed E-state index contributed by atoms with van der Waals surface area (Å²) < 4.78 is 38.1. The first-order valence-corrected chi connectivity index (χ1v) is 8.25. The van der Waals surface area contributed by atoms with Crippen LogP contribution in [0.1, 0.15) is 15.9 Å². The highest BCUT2D eigenvalue weighted by Crippen LogP contribution is 2.29. The Morgan fingerprint density at radius 2 is 2.03 bits per heavy atom. The van der Waals surface area contributed by atoms with Gasteiger partial charge in [0, 0.05) is 0 Å². The first-order chi connectivity index (χ1) is 13.9. The van der Waals surface area contributed by atoms with Gasteiger partial charge >= 0.3 is 5.97 Å². The Kier molecular flexibility index (Phi) is 5.88. The van der Waals surface area contributed by atoms with E-state index in [1.165, 1.54) is 31.8 Å². The number of hydrogen-bond donors (Lipinski definition) is 2. The van der Waals surface area contributed by atoms with E-state index in [1.807, 2.05) is 0 Å². The molecule has 2 aromatic carbocycles. The molecule has 0 aliphatic rings. The molecule has 3 aromatic rings. The van der Waals surface area contributed by atoms with Crippen LogP contribution in [0.15, 0.2) is 41.8 Å². The molecule has 29 heavy (non-hydrogen) atoms. The van der Waals surface area contributed by atoms with Crippen LogP contribution in [0.2, 0.25) is 5.02 Å². The number of carbonyl (C=O) groups excluding carboxylic acids is 1. The summed E-state index contributed by atoms with van der Waals surface area (Å²) in [5, 5.41) is 10.9. The van der Waals surface area contributed by atoms with Gasteiger partial charge in [-0.05, 0) is 35.9 Å². The van der Waals surface area contributed by atoms with Gasteiger partial charge in [-0.15, -0.1) is 10.2 Å². The Morgan fingerprint density at radius 3 is 2.72 bits per heavy atom. The van der Waals surface area contributed by atoms with Gasteiger partial charge in [-0.25, -0.2) is 23.7 Å². The molecule has 0 saturated carbocycles. The number of hydrogen-bond acceptors (Lipinski definition) is 8. The van der Waals surface area contributed by atoms with E-state index in [0.29, 0.717) is 17.7 Å². The first-order valence-electron chi connectivity index (χ1n) is 7.88. The van der Waals surface area contributed by atoms with E-state index in [-0.39, 0.29) is 28.0 Å². The second-order valence-corrected chi connectivity index (χ2v) is 5.88. The van der Waals surface area contributed by atoms with Gasteiger partial charge < -0.3 is 15.3 Å². The summed E-state index contributed by atoms with van der Waals surface area (Å²) in [6.07, 6.45) is 2.73. The SMILES string of the molecule is COc1cc(/C=N\Nc2nncn2N)ccc1OC(=O)c1cc(F)c(F)cc1Cl. The fourth-order valence-electron chi connectivity index (χ4n) is 2.17. The monoisotopic (exact) mass is 422 g/mol. The normalized spacial score (nSPS) is 10.9. The van der Waals surface area contributed by atoms with Crippen molar-refractivity contribution in [2.45, 2.75) is 0 Å². The summed E-state index contributed by atoms with van der Waals surface area (Å²) in [7, 11) is 1.37. The number of hydrazone groups is 1. The third kappa shape index (κ3) is 4.58. The molecule has 150 valence electrons. The number of aromatic nitrogens is 3. The van der Waals surface area contributed by atoms with Crippen molar-refractivity contribution in [2.75, 3.05) is 18.4 Å². The molecule has 0 fully saturated rings. The molecule has 0 aliphatic carbocycles. The highest BCUT2D eigenvalue weighted by atomic mass is 35.5. The molecule has 0 radical (unpaired) electrons. The van der Waals surface area contributed by atoms with E-state index < -0.39 is 17.6 Å². The van der Waals surface area contributed by atoms with Crippen LogP contribution in [-0.2, 0) is 0 Å². The lowest BCUT2D eigenvalue weighted by Crippen LogP contribution is -2.11. The Balaban J connectivity index is 1.76. The molecular weight excluding hydrogens is 410 g/mol. The summed E-state index contributed by atoms with van der Waals surface area (Å²) in [4.78, 5) is 12.3. The second kappa shape index (κ2) is 8.52. The zero-order valence-electron chi connectivity index (χ0n) is 14.8. The maximum atomic E-state index is 13.4. The summed E-state index contributed by atoms with van der Waals surface area (Å²) in [6.45, 7) is 0. The maximum absolute atomic E-state index is 13.4. The zero-order valence-corrected chi connectivity index (χ0v) is 15.5. The minimum absolute atomic E-state index is 0.0464. The van der Waals surface area contributed by atoms with E-state index in [2.05, 4.69) is 20.7 Å². The summed E-state index contributed by atoms with van der Waals surface area (Å²) in [5.74, 6) is 2.64. The van der Waals surface area contributed by atoms with E-state index in [9.17, 15) is 13.6 Å². The van der Waals surface area contributed by atoms with Crippen molar-refractivity contribution in [3.8, 4) is 11.5 Å². The number of nitrogens with zero attached hydrogens (tertiary/aromatic N) is 4. The Morgan fingerprint density at radius 1 is 1.28 bits per heavy atom. The van der Waals surface area contributed by atoms with E-state index in [4.69, 9.17) is 26.9 Å². The molecule has 0 amide bonds. The van der Waals surface area contributed by atoms with E-state index in [1.54, 1.807) is 6.07 Å². The zero-order chi connectivity index (χ0) is 21.0. The van der Waals surface area contributed by atoms with Gasteiger partial charge in [0.15, 0.2) is 23.1 Å². The van der Waals surface area contributed by atoms with Gasteiger partial charge in [0.25, 0.3) is 5.95 Å². The average molecular weight is 423 g/mol. The van der Waals surface area contributed by atoms with Crippen molar-refractivity contribution >= 4 is 29.7 Å². The molecule has 0 unspecified atom stereocenters. The third-order valence-electron chi connectivity index (χ3n) is 3.57. The molecule has 1 heterocycles. The number of halogens is 3. The lowest BCUT2D eigenvalue weighted by molar-refractivity contribution is 0.0729. The molecule has 3 rings (SSSR count). The lowest BCUT2D eigenvalue weighted by Gasteiger charge is -2.11. The van der Waals surface area contributed by atoms with Crippen molar-refractivity contribution in [1.29, 1.82) is 0 Å². The van der Waals surface area contributed by atoms with Crippen LogP contribution >= 0.6 is 11.6 Å². The molecule has 3 N–H and O–H groups in total. The van der Waals surface area contributed by atoms with E-state index in [0.717, 1.165) is 4.68 Å². The number of nitrogens with one attached hydrogen (secondary N) is 1. The lowest BCUT2D eigenvalue weighted by atomic mass is 10.2. The number of rotatable bonds is 6. The summed E-state index contributed by atoms with van der Waals surface area (Å²) >= 11 is 5.79. The van der Waals surface area contributed by atoms with Gasteiger partial charge in [0.1, 0.15) is 6.33 Å². The number of anilines is 1. The van der Waals surface area contributed by atoms with Crippen molar-refractivity contribution < 1.29 is 23.0 Å². The predicted molar refractivity (Wildman–Crippen MR) is 101 cm³/mol. The van der Waals surface area contributed by atoms with Crippen LogP contribution in [0.5, 0.6) is 11.5 Å². The van der Waals surface area contributed by atoms with Gasteiger partial charge in [0.05, 0.1) is 23.9 Å². The first kappa shape index (κ1) is 20.0. The quantitative estimate of drug-likeness (QED) is 0.156. The molecule has 0 spiro atoms. The van der Waals surface area contributed by atoms with Crippen molar-refractivity contribution in [3.05, 3.63) is 64.4 Å². The number of esters is 1. The number of nitrogens with two attached hydrogens (primary N) is 1. The summed E-state index contributed by atoms with van der Waals surface area (Å²) in [5.41, 5.74) is 2.85. The van der Waals surface area contributed by atoms with E-state index >= 15 is 0 Å². The molecular formula is C17H13ClF2N6O3. The highest BCUT2D eigenvalue weighted by Gasteiger charge is 2.18. The number of methoxy groups -OCH3 is 1. The molecule has 0 saturated heterocycles. The number of nitrogen functional groups attached to an aromatic ring is 1. The van der Waals surface area contributed by atoms with Gasteiger partial charge in [-0.3, -0.25) is 0 Å². The molecule has 0 bridgehead atoms. The minimum Gasteiger partial charge on any atom is -0.493 e. The standard InChI is InChI=1S/C17H13ClF2N6O3/c1-28-15-4-9(7-22-24-17-25-23-8-26(17)21)2-3-14(15)29-16(27)10-5-12(19)13(20)6-11(10)18/h2-8H,21H2,1H3,(H,24,25)/b22-7-. The van der Waals surface area contributed by atoms with Gasteiger partial charge in [0.2, 0.25) is 0 Å². The van der Waals surface area contributed by atoms with Crippen molar-refractivity contribution in [1.82, 2.24) is 14.9 Å². The molecule has 1 aromatic heterocycles. The fraction of sp³-hybridized carbons (Fsp3) is 0.0588. The van der Waals surface area contributed by atoms with Gasteiger partial charge in [-0.1, -0.05) is 11.6 Å². The van der Waals surface area contributed by atoms with Crippen LogP contribution in [0.25, 0.3) is 0 Å². The average Bonchev–Trinajstić information content (AvgIpc) is 3.10. The number of benzene rings is 2. The molecule has 0 aliphatic heterocycles. The van der Waals surface area contributed by atoms with Crippen LogP contribution in [-0.4, -0.2) is 34.2 Å². The number of ether oxygens (including phenoxy) is 2. The van der Waals surface area contributed by atoms with Crippen LogP contribution in [0, 0.1) is 11.6 Å². The largest absolute Gasteiger partial charge is 0.493 e. The Bertz CT molecular complexity index is 1090. The van der Waals surface area contributed by atoms with Crippen LogP contribution < -0.4 is 20.7 Å². The van der Waals surface area contributed by atoms with Crippen molar-refractivity contribution in [3.63, 3.8) is 0 Å². The smallest absolute Gasteiger partial charge is 0.345 e. The summed E-state index contributed by atoms with van der Waals surface area (Å²) in [6, 6.07) is 5.91. The predicted octanol–water partition coefficient (Wildman–Crippen LogP) is 2.60. The van der Waals surface area contributed by atoms with Crippen molar-refractivity contribution in [2.24, 2.45) is 5.10 Å². The Labute approximate surface area is 167 Å². The van der Waals surface area contributed by atoms with Crippen LogP contribution in [0.4, 0.5) is 14.7 Å². The number of carbonyl (C=O) groups is 1.